The lowest BCUT2D eigenvalue weighted by molar-refractivity contribution is -0.150. The molecule has 1 unspecified atom stereocenters. The zero-order valence-electron chi connectivity index (χ0n) is 24.8. The van der Waals surface area contributed by atoms with Crippen molar-refractivity contribution >= 4 is 11.9 Å². The van der Waals surface area contributed by atoms with E-state index in [1.54, 1.807) is 0 Å². The molecule has 1 N–H and O–H groups in total. The van der Waals surface area contributed by atoms with Gasteiger partial charge in [0.15, 0.2) is 0 Å². The highest BCUT2D eigenvalue weighted by Crippen LogP contribution is 2.17. The molecule has 0 heterocycles. The number of unbranched alkanes of at least 4 members (excludes halogenated alkanes) is 18. The van der Waals surface area contributed by atoms with Gasteiger partial charge in [-0.05, 0) is 57.8 Å². The van der Waals surface area contributed by atoms with Crippen LogP contribution in [0.4, 0.5) is 0 Å². The first kappa shape index (κ1) is 35.7. The Balaban J connectivity index is 3.68. The molecule has 218 valence electrons. The number of ether oxygens (including phenoxy) is 1. The minimum Gasteiger partial charge on any atom is -0.481 e. The maximum Gasteiger partial charge on any atom is 0.306 e. The molecular weight excluding hydrogens is 460 g/mol. The molecule has 0 aliphatic heterocycles. The van der Waals surface area contributed by atoms with E-state index >= 15 is 0 Å². The number of carbonyl (C=O) groups is 2. The second kappa shape index (κ2) is 29.2. The number of esters is 1. The van der Waals surface area contributed by atoms with Gasteiger partial charge in [-0.1, -0.05) is 122 Å². The van der Waals surface area contributed by atoms with E-state index in [-0.39, 0.29) is 12.1 Å². The molecule has 0 fully saturated rings. The highest BCUT2D eigenvalue weighted by molar-refractivity contribution is 5.69. The molecule has 0 rings (SSSR count). The third-order valence-electron chi connectivity index (χ3n) is 7.24. The molecule has 4 heteroatoms. The van der Waals surface area contributed by atoms with E-state index in [4.69, 9.17) is 9.84 Å². The number of carboxylic acids is 1. The van der Waals surface area contributed by atoms with Crippen LogP contribution in [0.25, 0.3) is 0 Å². The summed E-state index contributed by atoms with van der Waals surface area (Å²) in [6.45, 7) is 4.46. The Morgan fingerprint density at radius 1 is 0.568 bits per heavy atom. The molecule has 0 amide bonds. The number of carbonyl (C=O) groups excluding carboxylic acids is 1. The van der Waals surface area contributed by atoms with Gasteiger partial charge in [-0.15, -0.1) is 0 Å². The molecule has 0 saturated carbocycles. The number of allylic oxidation sites excluding steroid dienone is 2. The number of hydrogen-bond donors (Lipinski definition) is 1. The first-order valence-electron chi connectivity index (χ1n) is 16.2. The zero-order valence-corrected chi connectivity index (χ0v) is 24.8. The van der Waals surface area contributed by atoms with Crippen LogP contribution in [0.2, 0.25) is 0 Å². The SMILES string of the molecule is CCCCCCCC/C=C\CCCCCCCC(=O)OC(CCCC)CCCCCCCCCC(=O)O. The predicted molar refractivity (Wildman–Crippen MR) is 158 cm³/mol. The van der Waals surface area contributed by atoms with Gasteiger partial charge in [0, 0.05) is 12.8 Å². The second-order valence-electron chi connectivity index (χ2n) is 11.0. The third kappa shape index (κ3) is 29.1. The Morgan fingerprint density at radius 3 is 1.54 bits per heavy atom. The smallest absolute Gasteiger partial charge is 0.306 e. The maximum absolute atomic E-state index is 12.4. The number of rotatable bonds is 29. The van der Waals surface area contributed by atoms with E-state index in [0.29, 0.717) is 12.8 Å². The van der Waals surface area contributed by atoms with Gasteiger partial charge in [0.1, 0.15) is 6.10 Å². The molecule has 0 aliphatic rings. The zero-order chi connectivity index (χ0) is 27.2. The average Bonchev–Trinajstić information content (AvgIpc) is 2.88. The summed E-state index contributed by atoms with van der Waals surface area (Å²) < 4.78 is 5.85. The van der Waals surface area contributed by atoms with Crippen LogP contribution in [-0.2, 0) is 14.3 Å². The molecule has 0 aliphatic carbocycles. The van der Waals surface area contributed by atoms with Gasteiger partial charge in [0.25, 0.3) is 0 Å². The van der Waals surface area contributed by atoms with Gasteiger partial charge in [-0.3, -0.25) is 9.59 Å². The van der Waals surface area contributed by atoms with Gasteiger partial charge in [0.2, 0.25) is 0 Å². The van der Waals surface area contributed by atoms with Gasteiger partial charge in [0.05, 0.1) is 0 Å². The fraction of sp³-hybridized carbons (Fsp3) is 0.879. The Hall–Kier alpha value is -1.32. The molecule has 1 atom stereocenters. The first-order valence-corrected chi connectivity index (χ1v) is 16.2. The minimum absolute atomic E-state index is 0.00263. The van der Waals surface area contributed by atoms with Crippen LogP contribution in [0.3, 0.4) is 0 Å². The highest BCUT2D eigenvalue weighted by atomic mass is 16.5. The Kier molecular flexibility index (Phi) is 28.2. The fourth-order valence-corrected chi connectivity index (χ4v) is 4.81. The number of carboxylic acid groups (broad SMARTS) is 1. The van der Waals surface area contributed by atoms with Crippen LogP contribution >= 0.6 is 0 Å². The lowest BCUT2D eigenvalue weighted by Crippen LogP contribution is -2.18. The van der Waals surface area contributed by atoms with Gasteiger partial charge in [-0.2, -0.15) is 0 Å². The summed E-state index contributed by atoms with van der Waals surface area (Å²) in [6.07, 6.45) is 34.0. The van der Waals surface area contributed by atoms with Crippen LogP contribution < -0.4 is 0 Å². The Labute approximate surface area is 230 Å². The normalized spacial score (nSPS) is 12.3. The molecule has 0 radical (unpaired) electrons. The van der Waals surface area contributed by atoms with Crippen LogP contribution in [-0.4, -0.2) is 23.1 Å². The van der Waals surface area contributed by atoms with Crippen molar-refractivity contribution in [2.45, 2.75) is 187 Å². The predicted octanol–water partition coefficient (Wildman–Crippen LogP) is 10.7. The van der Waals surface area contributed by atoms with Crippen LogP contribution in [0.1, 0.15) is 181 Å². The monoisotopic (exact) mass is 522 g/mol. The first-order chi connectivity index (χ1) is 18.1. The number of hydrogen-bond acceptors (Lipinski definition) is 3. The molecule has 0 aromatic carbocycles. The van der Waals surface area contributed by atoms with Crippen molar-refractivity contribution in [3.63, 3.8) is 0 Å². The summed E-state index contributed by atoms with van der Waals surface area (Å²) in [4.78, 5) is 22.9. The van der Waals surface area contributed by atoms with E-state index in [1.807, 2.05) is 0 Å². The molecule has 0 bridgehead atoms. The lowest BCUT2D eigenvalue weighted by Gasteiger charge is -2.18. The molecule has 0 aromatic heterocycles. The van der Waals surface area contributed by atoms with Crippen molar-refractivity contribution in [1.29, 1.82) is 0 Å². The van der Waals surface area contributed by atoms with E-state index in [1.165, 1.54) is 89.9 Å². The fourth-order valence-electron chi connectivity index (χ4n) is 4.81. The van der Waals surface area contributed by atoms with Gasteiger partial charge < -0.3 is 9.84 Å². The van der Waals surface area contributed by atoms with Crippen LogP contribution in [0, 0.1) is 0 Å². The van der Waals surface area contributed by atoms with Crippen molar-refractivity contribution in [3.8, 4) is 0 Å². The summed E-state index contributed by atoms with van der Waals surface area (Å²) in [5.41, 5.74) is 0. The second-order valence-corrected chi connectivity index (χ2v) is 11.0. The standard InChI is InChI=1S/C33H62O4/c1-3-5-7-8-9-10-11-12-13-14-15-16-20-23-26-30-33(36)37-31(27-6-4-2)28-24-21-18-17-19-22-25-29-32(34)35/h12-13,31H,3-11,14-30H2,1-2H3,(H,34,35)/b13-12-. The lowest BCUT2D eigenvalue weighted by atomic mass is 10.0. The van der Waals surface area contributed by atoms with Crippen molar-refractivity contribution < 1.29 is 19.4 Å². The summed E-state index contributed by atoms with van der Waals surface area (Å²) in [5.74, 6) is -0.693. The summed E-state index contributed by atoms with van der Waals surface area (Å²) in [5, 5.41) is 8.67. The van der Waals surface area contributed by atoms with Crippen LogP contribution in [0.5, 0.6) is 0 Å². The maximum atomic E-state index is 12.4. The largest absolute Gasteiger partial charge is 0.481 e. The molecular formula is C33H62O4. The van der Waals surface area contributed by atoms with Crippen molar-refractivity contribution in [2.75, 3.05) is 0 Å². The Bertz CT molecular complexity index is 528. The molecule has 0 saturated heterocycles. The average molecular weight is 523 g/mol. The van der Waals surface area contributed by atoms with Crippen molar-refractivity contribution in [2.24, 2.45) is 0 Å². The molecule has 37 heavy (non-hydrogen) atoms. The van der Waals surface area contributed by atoms with Crippen molar-refractivity contribution in [3.05, 3.63) is 12.2 Å². The minimum atomic E-state index is -0.690. The molecule has 0 spiro atoms. The third-order valence-corrected chi connectivity index (χ3v) is 7.24. The Morgan fingerprint density at radius 2 is 1.00 bits per heavy atom. The summed E-state index contributed by atoms with van der Waals surface area (Å²) >= 11 is 0. The quantitative estimate of drug-likeness (QED) is 0.0602. The van der Waals surface area contributed by atoms with Gasteiger partial charge in [-0.25, -0.2) is 0 Å². The van der Waals surface area contributed by atoms with E-state index in [9.17, 15) is 9.59 Å². The number of aliphatic carboxylic acids is 1. The van der Waals surface area contributed by atoms with E-state index in [0.717, 1.165) is 64.2 Å². The van der Waals surface area contributed by atoms with E-state index in [2.05, 4.69) is 26.0 Å². The van der Waals surface area contributed by atoms with Crippen molar-refractivity contribution in [1.82, 2.24) is 0 Å². The summed E-state index contributed by atoms with van der Waals surface area (Å²) in [6, 6.07) is 0. The summed E-state index contributed by atoms with van der Waals surface area (Å²) in [7, 11) is 0. The molecule has 0 aromatic rings. The highest BCUT2D eigenvalue weighted by Gasteiger charge is 2.13. The van der Waals surface area contributed by atoms with E-state index < -0.39 is 5.97 Å². The van der Waals surface area contributed by atoms with Crippen LogP contribution in [0.15, 0.2) is 12.2 Å². The topological polar surface area (TPSA) is 63.6 Å². The molecule has 4 nitrogen and oxygen atoms in total. The van der Waals surface area contributed by atoms with Gasteiger partial charge >= 0.3 is 11.9 Å².